The van der Waals surface area contributed by atoms with Crippen molar-refractivity contribution in [3.05, 3.63) is 41.1 Å². The molecule has 3 N–H and O–H groups in total. The highest BCUT2D eigenvalue weighted by molar-refractivity contribution is 6.32. The summed E-state index contributed by atoms with van der Waals surface area (Å²) in [5, 5.41) is 10.2. The van der Waals surface area contributed by atoms with E-state index in [9.17, 15) is 9.59 Å². The first-order valence-corrected chi connectivity index (χ1v) is 13.7. The molecule has 10 heteroatoms. The topological polar surface area (TPSA) is 108 Å². The van der Waals surface area contributed by atoms with Gasteiger partial charge in [-0.1, -0.05) is 23.8 Å². The highest BCUT2D eigenvalue weighted by atomic mass is 35.5. The molecule has 1 aromatic heterocycles. The molecule has 2 heterocycles. The van der Waals surface area contributed by atoms with Crippen molar-refractivity contribution in [2.75, 3.05) is 29.2 Å². The molecule has 38 heavy (non-hydrogen) atoms. The molecule has 202 valence electrons. The van der Waals surface area contributed by atoms with Crippen LogP contribution in [0.1, 0.15) is 45.6 Å². The van der Waals surface area contributed by atoms with Crippen molar-refractivity contribution in [1.82, 2.24) is 15.3 Å². The number of carbonyl (C=O) groups excluding carboxylic acids is 2. The normalized spacial score (nSPS) is 23.8. The molecule has 0 spiro atoms. The number of nitrogens with one attached hydrogen (secondary N) is 3. The molecule has 2 amide bonds. The summed E-state index contributed by atoms with van der Waals surface area (Å²) in [7, 11) is 1.63. The second-order valence-corrected chi connectivity index (χ2v) is 10.9. The van der Waals surface area contributed by atoms with Crippen LogP contribution in [0.5, 0.6) is 5.75 Å². The van der Waals surface area contributed by atoms with Crippen LogP contribution in [-0.2, 0) is 16.0 Å². The molecule has 2 bridgehead atoms. The van der Waals surface area contributed by atoms with Gasteiger partial charge in [0.2, 0.25) is 17.8 Å². The van der Waals surface area contributed by atoms with Gasteiger partial charge in [0.25, 0.3) is 0 Å². The largest absolute Gasteiger partial charge is 0.494 e. The number of ether oxygens (including phenoxy) is 1. The van der Waals surface area contributed by atoms with Crippen LogP contribution in [0.25, 0.3) is 0 Å². The minimum Gasteiger partial charge on any atom is -0.494 e. The predicted molar refractivity (Wildman–Crippen MR) is 149 cm³/mol. The Morgan fingerprint density at radius 1 is 1.24 bits per heavy atom. The highest BCUT2D eigenvalue weighted by Gasteiger charge is 2.48. The lowest BCUT2D eigenvalue weighted by Crippen LogP contribution is -2.45. The Kier molecular flexibility index (Phi) is 7.47. The Bertz CT molecular complexity index is 1270. The number of hydrogen-bond donors (Lipinski definition) is 3. The van der Waals surface area contributed by atoms with Crippen LogP contribution >= 0.6 is 11.6 Å². The summed E-state index contributed by atoms with van der Waals surface area (Å²) in [6, 6.07) is 3.80. The molecule has 5 rings (SSSR count). The molecule has 0 unspecified atom stereocenters. The van der Waals surface area contributed by atoms with Gasteiger partial charge in [-0.3, -0.25) is 9.59 Å². The fourth-order valence-corrected chi connectivity index (χ4v) is 6.19. The van der Waals surface area contributed by atoms with Crippen LogP contribution in [-0.4, -0.2) is 47.5 Å². The number of allylic oxidation sites excluding steroid dienone is 1. The highest BCUT2D eigenvalue weighted by Crippen LogP contribution is 2.46. The van der Waals surface area contributed by atoms with E-state index in [4.69, 9.17) is 16.3 Å². The van der Waals surface area contributed by atoms with Crippen LogP contribution in [0.4, 0.5) is 23.1 Å². The number of amides is 2. The second kappa shape index (κ2) is 10.8. The van der Waals surface area contributed by atoms with Crippen molar-refractivity contribution in [2.24, 2.45) is 17.8 Å². The number of nitrogens with zero attached hydrogens (tertiary/aromatic N) is 3. The minimum atomic E-state index is -0.191. The molecule has 1 aromatic carbocycles. The molecule has 0 saturated heterocycles. The SMILES string of the molecule is CCN1C(=O)CCCc2c1ccc(Nc1ncc(Cl)c(N[C@@H]3[C@H](C(=O)NC(C)C)[C@H]4C=C[C@@H]3C4)n1)c2OC. The number of halogens is 1. The van der Waals surface area contributed by atoms with Crippen molar-refractivity contribution in [3.63, 3.8) is 0 Å². The molecule has 1 aliphatic heterocycles. The van der Waals surface area contributed by atoms with Crippen molar-refractivity contribution in [2.45, 2.75) is 58.5 Å². The average Bonchev–Trinajstić information content (AvgIpc) is 3.44. The van der Waals surface area contributed by atoms with E-state index in [1.54, 1.807) is 13.3 Å². The van der Waals surface area contributed by atoms with E-state index in [0.29, 0.717) is 41.2 Å². The van der Waals surface area contributed by atoms with Crippen LogP contribution in [0.2, 0.25) is 5.02 Å². The van der Waals surface area contributed by atoms with Gasteiger partial charge in [0.05, 0.1) is 30.6 Å². The van der Waals surface area contributed by atoms with E-state index < -0.39 is 0 Å². The van der Waals surface area contributed by atoms with Crippen LogP contribution in [0, 0.1) is 17.8 Å². The first-order chi connectivity index (χ1) is 18.3. The standard InChI is InChI=1S/C28H35ClN6O3/c1-5-35-21-12-11-20(25(38-4)18(21)7-6-8-22(35)36)32-28-30-14-19(29)26(34-28)33-24-17-10-9-16(13-17)23(24)27(37)31-15(2)3/h9-12,14-17,23-24H,5-8,13H2,1-4H3,(H,31,37)(H2,30,32,33,34)/t16-,17+,23+,24-/m0/s1. The Morgan fingerprint density at radius 3 is 2.76 bits per heavy atom. The van der Waals surface area contributed by atoms with E-state index in [1.165, 1.54) is 0 Å². The number of carbonyl (C=O) groups is 2. The molecule has 0 radical (unpaired) electrons. The first-order valence-electron chi connectivity index (χ1n) is 13.4. The zero-order valence-corrected chi connectivity index (χ0v) is 23.0. The number of methoxy groups -OCH3 is 1. The third-order valence-corrected chi connectivity index (χ3v) is 7.93. The summed E-state index contributed by atoms with van der Waals surface area (Å²) < 4.78 is 5.82. The van der Waals surface area contributed by atoms with Gasteiger partial charge in [-0.05, 0) is 64.0 Å². The van der Waals surface area contributed by atoms with Crippen LogP contribution < -0.4 is 25.6 Å². The fraction of sp³-hybridized carbons (Fsp3) is 0.500. The van der Waals surface area contributed by atoms with Gasteiger partial charge in [0.1, 0.15) is 10.8 Å². The lowest BCUT2D eigenvalue weighted by atomic mass is 9.88. The number of rotatable bonds is 8. The summed E-state index contributed by atoms with van der Waals surface area (Å²) in [5.41, 5.74) is 2.58. The van der Waals surface area contributed by atoms with Crippen LogP contribution in [0.15, 0.2) is 30.5 Å². The number of benzene rings is 1. The molecule has 3 aliphatic rings. The van der Waals surface area contributed by atoms with E-state index in [2.05, 4.69) is 38.1 Å². The molecular formula is C28H35ClN6O3. The Hall–Kier alpha value is -3.33. The molecule has 9 nitrogen and oxygen atoms in total. The Balaban J connectivity index is 1.41. The molecule has 2 aliphatic carbocycles. The smallest absolute Gasteiger partial charge is 0.229 e. The monoisotopic (exact) mass is 538 g/mol. The lowest BCUT2D eigenvalue weighted by Gasteiger charge is -2.29. The van der Waals surface area contributed by atoms with Crippen LogP contribution in [0.3, 0.4) is 0 Å². The molecule has 1 saturated carbocycles. The van der Waals surface area contributed by atoms with Gasteiger partial charge in [0, 0.05) is 30.6 Å². The second-order valence-electron chi connectivity index (χ2n) is 10.5. The Labute approximate surface area is 228 Å². The van der Waals surface area contributed by atoms with Gasteiger partial charge < -0.3 is 25.6 Å². The van der Waals surface area contributed by atoms with Crippen molar-refractivity contribution in [1.29, 1.82) is 0 Å². The Morgan fingerprint density at radius 2 is 2.03 bits per heavy atom. The predicted octanol–water partition coefficient (Wildman–Crippen LogP) is 4.70. The summed E-state index contributed by atoms with van der Waals surface area (Å²) in [6.07, 6.45) is 8.84. The summed E-state index contributed by atoms with van der Waals surface area (Å²) in [4.78, 5) is 36.5. The lowest BCUT2D eigenvalue weighted by molar-refractivity contribution is -0.126. The third kappa shape index (κ3) is 4.91. The van der Waals surface area contributed by atoms with E-state index >= 15 is 0 Å². The van der Waals surface area contributed by atoms with Gasteiger partial charge >= 0.3 is 0 Å². The number of fused-ring (bicyclic) bond motifs is 3. The number of aromatic nitrogens is 2. The van der Waals surface area contributed by atoms with E-state index in [1.807, 2.05) is 37.8 Å². The maximum absolute atomic E-state index is 13.0. The molecule has 1 fully saturated rings. The van der Waals surface area contributed by atoms with E-state index in [0.717, 1.165) is 30.5 Å². The van der Waals surface area contributed by atoms with E-state index in [-0.39, 0.29) is 41.7 Å². The summed E-state index contributed by atoms with van der Waals surface area (Å²) in [6.45, 7) is 6.52. The minimum absolute atomic E-state index is 0.0483. The maximum Gasteiger partial charge on any atom is 0.229 e. The van der Waals surface area contributed by atoms with Gasteiger partial charge in [0.15, 0.2) is 5.82 Å². The maximum atomic E-state index is 13.0. The summed E-state index contributed by atoms with van der Waals surface area (Å²) >= 11 is 6.51. The van der Waals surface area contributed by atoms with Gasteiger partial charge in [-0.25, -0.2) is 4.98 Å². The molecular weight excluding hydrogens is 504 g/mol. The zero-order chi connectivity index (χ0) is 27.0. The first kappa shape index (κ1) is 26.3. The third-order valence-electron chi connectivity index (χ3n) is 7.65. The number of hydrogen-bond acceptors (Lipinski definition) is 7. The van der Waals surface area contributed by atoms with Gasteiger partial charge in [-0.2, -0.15) is 4.98 Å². The van der Waals surface area contributed by atoms with Crippen molar-refractivity contribution in [3.8, 4) is 5.75 Å². The molecule has 2 aromatic rings. The average molecular weight is 539 g/mol. The zero-order valence-electron chi connectivity index (χ0n) is 22.3. The fourth-order valence-electron chi connectivity index (χ4n) is 6.04. The molecule has 4 atom stereocenters. The summed E-state index contributed by atoms with van der Waals surface area (Å²) in [5.74, 6) is 1.93. The van der Waals surface area contributed by atoms with Crippen molar-refractivity contribution >= 4 is 46.6 Å². The van der Waals surface area contributed by atoms with Gasteiger partial charge in [-0.15, -0.1) is 0 Å². The quantitative estimate of drug-likeness (QED) is 0.418. The van der Waals surface area contributed by atoms with Crippen molar-refractivity contribution < 1.29 is 14.3 Å². The number of anilines is 4.